The van der Waals surface area contributed by atoms with Gasteiger partial charge in [-0.1, -0.05) is 30.3 Å². The van der Waals surface area contributed by atoms with Crippen LogP contribution < -0.4 is 0 Å². The van der Waals surface area contributed by atoms with Gasteiger partial charge >= 0.3 is 17.8 Å². The van der Waals surface area contributed by atoms with Crippen LogP contribution >= 0.6 is 11.3 Å². The molecule has 0 amide bonds. The lowest BCUT2D eigenvalue weighted by Crippen LogP contribution is -2.49. The first-order chi connectivity index (χ1) is 16.5. The molecule has 0 atom stereocenters. The monoisotopic (exact) mass is 501 g/mol. The molecule has 3 nitrogen and oxygen atoms in total. The zero-order chi connectivity index (χ0) is 25.6. The first-order valence-electron chi connectivity index (χ1n) is 9.96. The molecule has 0 saturated carbocycles. The average Bonchev–Trinajstić information content (AvgIpc) is 3.26. The lowest BCUT2D eigenvalue weighted by molar-refractivity contribution is -0.258. The van der Waals surface area contributed by atoms with Gasteiger partial charge in [0, 0.05) is 38.9 Å². The van der Waals surface area contributed by atoms with E-state index in [0.717, 1.165) is 41.9 Å². The summed E-state index contributed by atoms with van der Waals surface area (Å²) in [5.41, 5.74) is -5.55. The Kier molecular flexibility index (Phi) is 5.82. The van der Waals surface area contributed by atoms with Crippen molar-refractivity contribution in [3.05, 3.63) is 99.6 Å². The average molecular weight is 501 g/mol. The van der Waals surface area contributed by atoms with Gasteiger partial charge in [0.15, 0.2) is 0 Å². The number of aryl methyl sites for hydroxylation is 1. The maximum absolute atomic E-state index is 15.3. The summed E-state index contributed by atoms with van der Waals surface area (Å²) in [6.45, 7) is 8.61. The van der Waals surface area contributed by atoms with Gasteiger partial charge in [0.2, 0.25) is 0 Å². The number of allylic oxidation sites excluding steroid dienone is 4. The largest absolute Gasteiger partial charge is 0.380 e. The van der Waals surface area contributed by atoms with E-state index >= 15 is 17.6 Å². The fourth-order valence-corrected chi connectivity index (χ4v) is 4.97. The normalized spacial score (nSPS) is 18.5. The predicted octanol–water partition coefficient (Wildman–Crippen LogP) is 7.65. The number of benzene rings is 1. The van der Waals surface area contributed by atoms with Crippen LogP contribution in [0.25, 0.3) is 26.4 Å². The van der Waals surface area contributed by atoms with Crippen molar-refractivity contribution in [2.24, 2.45) is 0 Å². The highest BCUT2D eigenvalue weighted by Gasteiger charge is 2.80. The number of pyridine rings is 1. The number of rotatable bonds is 4. The number of halogens is 6. The Morgan fingerprint density at radius 1 is 1.00 bits per heavy atom. The van der Waals surface area contributed by atoms with Gasteiger partial charge in [0.1, 0.15) is 0 Å². The van der Waals surface area contributed by atoms with Crippen LogP contribution in [-0.2, 0) is 0 Å². The van der Waals surface area contributed by atoms with Crippen molar-refractivity contribution in [3.63, 3.8) is 0 Å². The molecule has 0 saturated heterocycles. The second kappa shape index (κ2) is 8.40. The topological polar surface area (TPSA) is 41.0 Å². The fraction of sp³-hybridized carbons (Fsp3) is 0.160. The Balaban J connectivity index is 2.15. The third kappa shape index (κ3) is 3.53. The van der Waals surface area contributed by atoms with Crippen LogP contribution in [0.4, 0.5) is 26.3 Å². The van der Waals surface area contributed by atoms with Crippen LogP contribution in [0.15, 0.2) is 72.2 Å². The molecule has 0 aliphatic heterocycles. The van der Waals surface area contributed by atoms with Crippen molar-refractivity contribution in [3.8, 4) is 16.5 Å². The molecule has 4 rings (SSSR count). The van der Waals surface area contributed by atoms with Crippen molar-refractivity contribution in [2.45, 2.75) is 24.7 Å². The number of hydrogen-bond acceptors (Lipinski definition) is 3. The van der Waals surface area contributed by atoms with Crippen molar-refractivity contribution in [1.29, 1.82) is 5.26 Å². The molecule has 0 unspecified atom stereocenters. The second-order valence-electron chi connectivity index (χ2n) is 7.60. The van der Waals surface area contributed by atoms with Crippen LogP contribution in [0.3, 0.4) is 0 Å². The van der Waals surface area contributed by atoms with E-state index in [1.807, 2.05) is 0 Å². The predicted molar refractivity (Wildman–Crippen MR) is 120 cm³/mol. The van der Waals surface area contributed by atoms with Gasteiger partial charge in [0.05, 0.1) is 12.6 Å². The third-order valence-electron chi connectivity index (χ3n) is 5.59. The van der Waals surface area contributed by atoms with Gasteiger partial charge in [-0.15, -0.1) is 11.3 Å². The van der Waals surface area contributed by atoms with Crippen molar-refractivity contribution in [2.75, 3.05) is 0 Å². The fourth-order valence-electron chi connectivity index (χ4n) is 3.94. The first-order valence-corrected chi connectivity index (χ1v) is 10.8. The highest BCUT2D eigenvalue weighted by atomic mass is 32.1. The summed E-state index contributed by atoms with van der Waals surface area (Å²) in [5.74, 6) is -16.5. The van der Waals surface area contributed by atoms with Crippen molar-refractivity contribution in [1.82, 2.24) is 4.98 Å². The molecule has 2 aromatic heterocycles. The Hall–Kier alpha value is -3.89. The molecule has 176 valence electrons. The number of alkyl halides is 6. The maximum atomic E-state index is 15.3. The zero-order valence-electron chi connectivity index (χ0n) is 17.8. The Morgan fingerprint density at radius 3 is 2.20 bits per heavy atom. The first kappa shape index (κ1) is 24.2. The summed E-state index contributed by atoms with van der Waals surface area (Å²) >= 11 is 0.976. The molecule has 0 N–H and O–H groups in total. The highest BCUT2D eigenvalue weighted by Crippen LogP contribution is 2.65. The zero-order valence-corrected chi connectivity index (χ0v) is 18.6. The van der Waals surface area contributed by atoms with E-state index in [9.17, 15) is 14.0 Å². The molecule has 1 aromatic carbocycles. The number of nitrogens with zero attached hydrogens (tertiary/aromatic N) is 3. The molecule has 35 heavy (non-hydrogen) atoms. The lowest BCUT2D eigenvalue weighted by atomic mass is 9.89. The molecular formula is C25H13F6N3S. The van der Waals surface area contributed by atoms with E-state index in [4.69, 9.17) is 6.57 Å². The van der Waals surface area contributed by atoms with Crippen LogP contribution in [0.1, 0.15) is 16.0 Å². The quantitative estimate of drug-likeness (QED) is 0.209. The van der Waals surface area contributed by atoms with E-state index < -0.39 is 45.7 Å². The summed E-state index contributed by atoms with van der Waals surface area (Å²) in [5, 5.41) is 9.44. The van der Waals surface area contributed by atoms with E-state index in [0.29, 0.717) is 10.4 Å². The Labute approximate surface area is 200 Å². The number of thiophene rings is 1. The molecule has 0 radical (unpaired) electrons. The maximum Gasteiger partial charge on any atom is 0.380 e. The molecule has 0 bridgehead atoms. The minimum Gasteiger partial charge on any atom is -0.265 e. The molecule has 0 fully saturated rings. The molecule has 2 heterocycles. The Bertz CT molecular complexity index is 1430. The van der Waals surface area contributed by atoms with Gasteiger partial charge in [-0.25, -0.2) is 10.1 Å². The Morgan fingerprint density at radius 2 is 1.63 bits per heavy atom. The van der Waals surface area contributed by atoms with E-state index in [2.05, 4.69) is 9.83 Å². The van der Waals surface area contributed by atoms with E-state index in [-0.39, 0.29) is 10.4 Å². The molecule has 0 spiro atoms. The van der Waals surface area contributed by atoms with Crippen molar-refractivity contribution >= 4 is 22.5 Å². The van der Waals surface area contributed by atoms with Crippen molar-refractivity contribution < 1.29 is 26.3 Å². The number of aromatic nitrogens is 1. The lowest BCUT2D eigenvalue weighted by Gasteiger charge is -2.26. The van der Waals surface area contributed by atoms with Gasteiger partial charge in [-0.3, -0.25) is 4.98 Å². The SMILES string of the molecule is [C-]#[N+]C(C#N)=C(C1=C(c2cc(-c3ccccc3)sc2C)C(F)(F)C(F)(F)C1(F)F)c1ccncc1. The van der Waals surface area contributed by atoms with Crippen LogP contribution in [0, 0.1) is 24.8 Å². The minimum absolute atomic E-state index is 0.0972. The standard InChI is InChI=1S/C25H13F6N3S/c1-14-17(12-19(35-14)15-6-4-3-5-7-15)21-22(24(28,29)25(30,31)23(21,26)27)20(18(13-32)33-2)16-8-10-34-11-9-16/h3-12H,1H3. The molecule has 3 aromatic rings. The van der Waals surface area contributed by atoms with Crippen LogP contribution in [-0.4, -0.2) is 22.8 Å². The van der Waals surface area contributed by atoms with Gasteiger partial charge < -0.3 is 0 Å². The molecule has 10 heteroatoms. The third-order valence-corrected chi connectivity index (χ3v) is 6.69. The summed E-state index contributed by atoms with van der Waals surface area (Å²) < 4.78 is 90.7. The summed E-state index contributed by atoms with van der Waals surface area (Å²) in [4.78, 5) is 7.09. The molecule has 1 aliphatic carbocycles. The van der Waals surface area contributed by atoms with Crippen LogP contribution in [0.5, 0.6) is 0 Å². The smallest absolute Gasteiger partial charge is 0.265 e. The number of nitriles is 1. The second-order valence-corrected chi connectivity index (χ2v) is 8.86. The summed E-state index contributed by atoms with van der Waals surface area (Å²) in [6.07, 6.45) is 2.22. The van der Waals surface area contributed by atoms with Gasteiger partial charge in [-0.2, -0.15) is 26.3 Å². The number of hydrogen-bond donors (Lipinski definition) is 0. The molecule has 1 aliphatic rings. The molecular weight excluding hydrogens is 488 g/mol. The van der Waals surface area contributed by atoms with E-state index in [1.54, 1.807) is 30.3 Å². The van der Waals surface area contributed by atoms with Crippen LogP contribution in [0.2, 0.25) is 0 Å². The summed E-state index contributed by atoms with van der Waals surface area (Å²) in [7, 11) is 0. The van der Waals surface area contributed by atoms with Gasteiger partial charge in [0.25, 0.3) is 5.70 Å². The van der Waals surface area contributed by atoms with E-state index in [1.165, 1.54) is 13.0 Å². The van der Waals surface area contributed by atoms with Gasteiger partial charge in [-0.05, 0) is 41.8 Å². The minimum atomic E-state index is -5.81. The highest BCUT2D eigenvalue weighted by molar-refractivity contribution is 7.15. The summed E-state index contributed by atoms with van der Waals surface area (Å²) in [6, 6.07) is 13.1.